The Labute approximate surface area is 97.4 Å². The predicted molar refractivity (Wildman–Crippen MR) is 59.6 cm³/mol. The van der Waals surface area contributed by atoms with Crippen molar-refractivity contribution in [2.24, 2.45) is 0 Å². The van der Waals surface area contributed by atoms with Gasteiger partial charge in [0.15, 0.2) is 5.76 Å². The summed E-state index contributed by atoms with van der Waals surface area (Å²) < 4.78 is 6.56. The topological polar surface area (TPSA) is 112 Å². The molecule has 0 fully saturated rings. The number of nitro groups is 1. The molecule has 86 valence electrons. The summed E-state index contributed by atoms with van der Waals surface area (Å²) in [5, 5.41) is 14.9. The van der Waals surface area contributed by atoms with Crippen molar-refractivity contribution in [3.05, 3.63) is 28.4 Å². The van der Waals surface area contributed by atoms with Gasteiger partial charge in [-0.15, -0.1) is 5.10 Å². The molecule has 0 atom stereocenters. The van der Waals surface area contributed by atoms with Crippen molar-refractivity contribution in [1.29, 1.82) is 0 Å². The average molecular weight is 251 g/mol. The van der Waals surface area contributed by atoms with Crippen LogP contribution in [-0.2, 0) is 0 Å². The van der Waals surface area contributed by atoms with Crippen LogP contribution in [-0.4, -0.2) is 19.5 Å². The number of anilines is 1. The molecule has 3 heterocycles. The van der Waals surface area contributed by atoms with E-state index in [2.05, 4.69) is 10.1 Å². The van der Waals surface area contributed by atoms with Crippen LogP contribution in [0.25, 0.3) is 16.4 Å². The number of rotatable bonds is 2. The smallest absolute Gasteiger partial charge is 0.399 e. The highest BCUT2D eigenvalue weighted by Gasteiger charge is 2.17. The molecule has 3 aromatic heterocycles. The summed E-state index contributed by atoms with van der Waals surface area (Å²) in [6.45, 7) is 0. The Bertz CT molecular complexity index is 712. The van der Waals surface area contributed by atoms with Crippen molar-refractivity contribution in [1.82, 2.24) is 14.6 Å². The van der Waals surface area contributed by atoms with Crippen LogP contribution < -0.4 is 5.73 Å². The highest BCUT2D eigenvalue weighted by atomic mass is 32.1. The largest absolute Gasteiger partial charge is 0.433 e. The molecule has 0 saturated carbocycles. The van der Waals surface area contributed by atoms with E-state index in [4.69, 9.17) is 10.2 Å². The van der Waals surface area contributed by atoms with E-state index in [0.717, 1.165) is 0 Å². The number of fused-ring (bicyclic) bond motifs is 1. The molecule has 8 nitrogen and oxygen atoms in total. The Balaban J connectivity index is 2.16. The minimum absolute atomic E-state index is 0.321. The highest BCUT2D eigenvalue weighted by Crippen LogP contribution is 2.28. The molecule has 0 aliphatic carbocycles. The fraction of sp³-hybridized carbons (Fsp3) is 0. The van der Waals surface area contributed by atoms with E-state index in [1.54, 1.807) is 0 Å². The van der Waals surface area contributed by atoms with E-state index in [0.29, 0.717) is 21.5 Å². The summed E-state index contributed by atoms with van der Waals surface area (Å²) in [6.07, 6.45) is 1.53. The highest BCUT2D eigenvalue weighted by molar-refractivity contribution is 7.20. The van der Waals surface area contributed by atoms with Crippen molar-refractivity contribution in [2.45, 2.75) is 0 Å². The lowest BCUT2D eigenvalue weighted by atomic mass is 10.3. The van der Waals surface area contributed by atoms with Gasteiger partial charge in [0.05, 0.1) is 12.3 Å². The first kappa shape index (κ1) is 9.78. The van der Waals surface area contributed by atoms with Gasteiger partial charge in [-0.25, -0.2) is 4.98 Å². The number of imidazole rings is 1. The maximum atomic E-state index is 10.5. The van der Waals surface area contributed by atoms with E-state index < -0.39 is 4.92 Å². The van der Waals surface area contributed by atoms with Crippen molar-refractivity contribution in [3.63, 3.8) is 0 Å². The molecule has 0 radical (unpaired) electrons. The second kappa shape index (κ2) is 3.28. The zero-order valence-electron chi connectivity index (χ0n) is 8.23. The van der Waals surface area contributed by atoms with Crippen molar-refractivity contribution in [2.75, 3.05) is 5.73 Å². The minimum atomic E-state index is -0.600. The Kier molecular flexibility index (Phi) is 1.89. The monoisotopic (exact) mass is 251 g/mol. The number of furan rings is 1. The van der Waals surface area contributed by atoms with E-state index in [1.807, 2.05) is 0 Å². The lowest BCUT2D eigenvalue weighted by Gasteiger charge is -1.90. The standard InChI is InChI=1S/C8H5N5O3S/c9-7-11-12-4(3-10-8(12)17-7)5-1-2-6(16-5)13(14)15/h1-3H,(H2,9,11). The quantitative estimate of drug-likeness (QED) is 0.546. The summed E-state index contributed by atoms with van der Waals surface area (Å²) in [4.78, 5) is 14.6. The first-order chi connectivity index (χ1) is 8.15. The van der Waals surface area contributed by atoms with Crippen molar-refractivity contribution >= 4 is 27.3 Å². The molecule has 2 N–H and O–H groups in total. The third-order valence-electron chi connectivity index (χ3n) is 2.13. The van der Waals surface area contributed by atoms with E-state index >= 15 is 0 Å². The maximum absolute atomic E-state index is 10.5. The van der Waals surface area contributed by atoms with Crippen LogP contribution in [0.2, 0.25) is 0 Å². The van der Waals surface area contributed by atoms with Gasteiger partial charge in [-0.05, 0) is 6.07 Å². The summed E-state index contributed by atoms with van der Waals surface area (Å²) in [7, 11) is 0. The molecule has 0 unspecified atom stereocenters. The molecule has 17 heavy (non-hydrogen) atoms. The molecule has 0 spiro atoms. The first-order valence-corrected chi connectivity index (χ1v) is 5.31. The lowest BCUT2D eigenvalue weighted by molar-refractivity contribution is -0.401. The molecule has 0 aliphatic heterocycles. The minimum Gasteiger partial charge on any atom is -0.399 e. The van der Waals surface area contributed by atoms with E-state index in [9.17, 15) is 10.1 Å². The van der Waals surface area contributed by atoms with Gasteiger partial charge in [-0.1, -0.05) is 11.3 Å². The lowest BCUT2D eigenvalue weighted by Crippen LogP contribution is -1.89. The van der Waals surface area contributed by atoms with Crippen LogP contribution in [0.5, 0.6) is 0 Å². The zero-order valence-corrected chi connectivity index (χ0v) is 9.05. The molecular formula is C8H5N5O3S. The number of nitrogens with two attached hydrogens (primary N) is 1. The summed E-state index contributed by atoms with van der Waals surface area (Å²) >= 11 is 1.22. The average Bonchev–Trinajstić information content (AvgIpc) is 2.90. The van der Waals surface area contributed by atoms with Gasteiger partial charge in [0.2, 0.25) is 10.1 Å². The van der Waals surface area contributed by atoms with Crippen LogP contribution in [0.4, 0.5) is 11.0 Å². The third-order valence-corrected chi connectivity index (χ3v) is 2.88. The molecule has 0 aromatic carbocycles. The molecule has 3 aromatic rings. The SMILES string of the molecule is Nc1nn2c(-c3ccc([N+](=O)[O-])o3)cnc2s1. The Morgan fingerprint density at radius 1 is 1.53 bits per heavy atom. The van der Waals surface area contributed by atoms with Gasteiger partial charge in [0, 0.05) is 0 Å². The summed E-state index contributed by atoms with van der Waals surface area (Å²) in [5.74, 6) is 0.00708. The Morgan fingerprint density at radius 3 is 3.06 bits per heavy atom. The van der Waals surface area contributed by atoms with Crippen LogP contribution in [0.15, 0.2) is 22.7 Å². The van der Waals surface area contributed by atoms with Crippen molar-refractivity contribution < 1.29 is 9.34 Å². The number of nitrogen functional groups attached to an aromatic ring is 1. The summed E-state index contributed by atoms with van der Waals surface area (Å²) in [6, 6.07) is 2.78. The fourth-order valence-corrected chi connectivity index (χ4v) is 2.08. The van der Waals surface area contributed by atoms with Crippen LogP contribution in [0.3, 0.4) is 0 Å². The maximum Gasteiger partial charge on any atom is 0.433 e. The molecule has 0 bridgehead atoms. The van der Waals surface area contributed by atoms with E-state index in [1.165, 1.54) is 34.2 Å². The number of aromatic nitrogens is 3. The van der Waals surface area contributed by atoms with Crippen LogP contribution in [0.1, 0.15) is 0 Å². The van der Waals surface area contributed by atoms with Gasteiger partial charge in [-0.2, -0.15) is 4.52 Å². The molecule has 0 aliphatic rings. The van der Waals surface area contributed by atoms with Gasteiger partial charge >= 0.3 is 5.88 Å². The number of nitrogens with zero attached hydrogens (tertiary/aromatic N) is 4. The second-order valence-corrected chi connectivity index (χ2v) is 4.16. The molecular weight excluding hydrogens is 246 g/mol. The van der Waals surface area contributed by atoms with Gasteiger partial charge in [-0.3, -0.25) is 10.1 Å². The van der Waals surface area contributed by atoms with Crippen molar-refractivity contribution in [3.8, 4) is 11.5 Å². The number of hydrogen-bond donors (Lipinski definition) is 1. The molecule has 0 amide bonds. The number of hydrogen-bond acceptors (Lipinski definition) is 7. The Morgan fingerprint density at radius 2 is 2.35 bits per heavy atom. The second-order valence-electron chi connectivity index (χ2n) is 3.17. The third kappa shape index (κ3) is 1.44. The molecule has 3 rings (SSSR count). The molecule has 9 heteroatoms. The van der Waals surface area contributed by atoms with E-state index in [-0.39, 0.29) is 5.88 Å². The van der Waals surface area contributed by atoms with Gasteiger partial charge < -0.3 is 10.2 Å². The normalized spacial score (nSPS) is 11.1. The first-order valence-electron chi connectivity index (χ1n) is 4.50. The fourth-order valence-electron chi connectivity index (χ4n) is 1.44. The Hall–Kier alpha value is -2.42. The zero-order chi connectivity index (χ0) is 12.0. The van der Waals surface area contributed by atoms with Gasteiger partial charge in [0.25, 0.3) is 0 Å². The van der Waals surface area contributed by atoms with Gasteiger partial charge in [0.1, 0.15) is 10.6 Å². The predicted octanol–water partition coefficient (Wildman–Crippen LogP) is 1.54. The summed E-state index contributed by atoms with van der Waals surface area (Å²) in [5.41, 5.74) is 6.07. The van der Waals surface area contributed by atoms with Crippen LogP contribution >= 0.6 is 11.3 Å². The van der Waals surface area contributed by atoms with Crippen LogP contribution in [0, 0.1) is 10.1 Å². The molecule has 0 saturated heterocycles.